The van der Waals surface area contributed by atoms with Gasteiger partial charge in [-0.2, -0.15) is 0 Å². The first kappa shape index (κ1) is 12.5. The summed E-state index contributed by atoms with van der Waals surface area (Å²) in [6.07, 6.45) is 5.39. The number of fused-ring (bicyclic) bond motifs is 1. The molecule has 1 amide bonds. The van der Waals surface area contributed by atoms with Crippen LogP contribution in [0.4, 0.5) is 4.79 Å². The highest BCUT2D eigenvalue weighted by Gasteiger charge is 2.45. The normalized spacial score (nSPS) is 28.0. The standard InChI is InChI=1S/C14H23NO2/c1-10(2)8-14(3,4)9-12-11-6-5-7-15(11)13(16)17-12/h8,11-12H,5-7,9H2,1-4H3/t11-,12+/m0/s1. The van der Waals surface area contributed by atoms with Crippen molar-refractivity contribution in [3.8, 4) is 0 Å². The number of rotatable bonds is 3. The Labute approximate surface area is 104 Å². The van der Waals surface area contributed by atoms with Crippen molar-refractivity contribution in [3.05, 3.63) is 11.6 Å². The first-order valence-electron chi connectivity index (χ1n) is 6.52. The number of ether oxygens (including phenoxy) is 1. The average molecular weight is 237 g/mol. The Morgan fingerprint density at radius 2 is 2.24 bits per heavy atom. The number of amides is 1. The molecular weight excluding hydrogens is 214 g/mol. The number of allylic oxidation sites excluding steroid dienone is 2. The van der Waals surface area contributed by atoms with Crippen molar-refractivity contribution in [2.75, 3.05) is 6.54 Å². The zero-order chi connectivity index (χ0) is 12.6. The molecule has 0 spiro atoms. The lowest BCUT2D eigenvalue weighted by molar-refractivity contribution is 0.105. The monoisotopic (exact) mass is 237 g/mol. The van der Waals surface area contributed by atoms with Crippen LogP contribution in [0.5, 0.6) is 0 Å². The predicted molar refractivity (Wildman–Crippen MR) is 67.8 cm³/mol. The first-order valence-corrected chi connectivity index (χ1v) is 6.52. The molecule has 2 atom stereocenters. The second-order valence-electron chi connectivity index (χ2n) is 6.24. The Morgan fingerprint density at radius 1 is 1.53 bits per heavy atom. The number of cyclic esters (lactones) is 1. The van der Waals surface area contributed by atoms with Crippen LogP contribution in [0.25, 0.3) is 0 Å². The van der Waals surface area contributed by atoms with E-state index in [-0.39, 0.29) is 17.6 Å². The van der Waals surface area contributed by atoms with Gasteiger partial charge in [0.25, 0.3) is 0 Å². The highest BCUT2D eigenvalue weighted by atomic mass is 16.6. The maximum atomic E-state index is 11.7. The summed E-state index contributed by atoms with van der Waals surface area (Å²) in [4.78, 5) is 13.6. The SMILES string of the molecule is CC(C)=CC(C)(C)C[C@H]1OC(=O)N2CCC[C@@H]12. The van der Waals surface area contributed by atoms with Crippen LogP contribution in [0.3, 0.4) is 0 Å². The number of hydrogen-bond acceptors (Lipinski definition) is 2. The summed E-state index contributed by atoms with van der Waals surface area (Å²) < 4.78 is 5.50. The van der Waals surface area contributed by atoms with E-state index in [1.165, 1.54) is 5.57 Å². The fraction of sp³-hybridized carbons (Fsp3) is 0.786. The van der Waals surface area contributed by atoms with E-state index in [9.17, 15) is 4.79 Å². The molecule has 0 bridgehead atoms. The van der Waals surface area contributed by atoms with Crippen molar-refractivity contribution in [2.45, 2.75) is 59.1 Å². The Bertz CT molecular complexity index is 342. The molecule has 0 aromatic rings. The minimum absolute atomic E-state index is 0.0793. The molecule has 3 nitrogen and oxygen atoms in total. The van der Waals surface area contributed by atoms with Gasteiger partial charge in [-0.05, 0) is 38.5 Å². The smallest absolute Gasteiger partial charge is 0.410 e. The van der Waals surface area contributed by atoms with E-state index in [1.54, 1.807) is 0 Å². The third-order valence-corrected chi connectivity index (χ3v) is 3.62. The van der Waals surface area contributed by atoms with Crippen LogP contribution >= 0.6 is 0 Å². The molecule has 0 unspecified atom stereocenters. The zero-order valence-corrected chi connectivity index (χ0v) is 11.3. The molecule has 2 aliphatic rings. The average Bonchev–Trinajstić information content (AvgIpc) is 2.69. The van der Waals surface area contributed by atoms with Gasteiger partial charge in [0, 0.05) is 6.54 Å². The summed E-state index contributed by atoms with van der Waals surface area (Å²) in [5.74, 6) is 0. The summed E-state index contributed by atoms with van der Waals surface area (Å²) in [5, 5.41) is 0. The fourth-order valence-electron chi connectivity index (χ4n) is 3.22. The van der Waals surface area contributed by atoms with E-state index < -0.39 is 0 Å². The Hall–Kier alpha value is -0.990. The van der Waals surface area contributed by atoms with Crippen molar-refractivity contribution in [1.29, 1.82) is 0 Å². The van der Waals surface area contributed by atoms with Crippen molar-refractivity contribution in [3.63, 3.8) is 0 Å². The number of hydrogen-bond donors (Lipinski definition) is 0. The fourth-order valence-corrected chi connectivity index (χ4v) is 3.22. The van der Waals surface area contributed by atoms with Gasteiger partial charge in [-0.3, -0.25) is 0 Å². The third-order valence-electron chi connectivity index (χ3n) is 3.62. The van der Waals surface area contributed by atoms with Gasteiger partial charge in [0.2, 0.25) is 0 Å². The van der Waals surface area contributed by atoms with Crippen molar-refractivity contribution >= 4 is 6.09 Å². The Morgan fingerprint density at radius 3 is 2.88 bits per heavy atom. The quantitative estimate of drug-likeness (QED) is 0.704. The van der Waals surface area contributed by atoms with Gasteiger partial charge in [-0.15, -0.1) is 0 Å². The molecule has 2 saturated heterocycles. The predicted octanol–water partition coefficient (Wildman–Crippen LogP) is 3.35. The summed E-state index contributed by atoms with van der Waals surface area (Å²) in [6.45, 7) is 9.54. The van der Waals surface area contributed by atoms with E-state index in [0.29, 0.717) is 6.04 Å². The molecule has 3 heteroatoms. The van der Waals surface area contributed by atoms with E-state index >= 15 is 0 Å². The number of nitrogens with zero attached hydrogens (tertiary/aromatic N) is 1. The molecule has 0 aromatic carbocycles. The molecule has 0 radical (unpaired) electrons. The van der Waals surface area contributed by atoms with Crippen molar-refractivity contribution in [2.24, 2.45) is 5.41 Å². The van der Waals surface area contributed by atoms with Gasteiger partial charge in [0.15, 0.2) is 0 Å². The number of carbonyl (C=O) groups excluding carboxylic acids is 1. The molecule has 2 heterocycles. The lowest BCUT2D eigenvalue weighted by atomic mass is 9.83. The summed E-state index contributed by atoms with van der Waals surface area (Å²) in [6, 6.07) is 0.326. The van der Waals surface area contributed by atoms with Crippen LogP contribution in [0.15, 0.2) is 11.6 Å². The molecule has 2 aliphatic heterocycles. The second kappa shape index (κ2) is 4.35. The van der Waals surface area contributed by atoms with Crippen LogP contribution in [0, 0.1) is 5.41 Å². The highest BCUT2D eigenvalue weighted by Crippen LogP contribution is 2.36. The second-order valence-corrected chi connectivity index (χ2v) is 6.24. The zero-order valence-electron chi connectivity index (χ0n) is 11.3. The molecule has 17 heavy (non-hydrogen) atoms. The van der Waals surface area contributed by atoms with E-state index in [0.717, 1.165) is 25.8 Å². The van der Waals surface area contributed by atoms with Crippen LogP contribution in [0.1, 0.15) is 47.0 Å². The number of carbonyl (C=O) groups is 1. The molecule has 2 fully saturated rings. The summed E-state index contributed by atoms with van der Waals surface area (Å²) >= 11 is 0. The van der Waals surface area contributed by atoms with E-state index in [2.05, 4.69) is 33.8 Å². The molecular formula is C14H23NO2. The minimum atomic E-state index is -0.106. The largest absolute Gasteiger partial charge is 0.444 e. The highest BCUT2D eigenvalue weighted by molar-refractivity contribution is 5.71. The van der Waals surface area contributed by atoms with Gasteiger partial charge in [-0.25, -0.2) is 4.79 Å². The van der Waals surface area contributed by atoms with Gasteiger partial charge in [0.05, 0.1) is 6.04 Å². The molecule has 0 aliphatic carbocycles. The van der Waals surface area contributed by atoms with E-state index in [4.69, 9.17) is 4.74 Å². The van der Waals surface area contributed by atoms with Crippen LogP contribution < -0.4 is 0 Å². The summed E-state index contributed by atoms with van der Waals surface area (Å²) in [7, 11) is 0. The molecule has 0 aromatic heterocycles. The van der Waals surface area contributed by atoms with Crippen LogP contribution in [-0.4, -0.2) is 29.7 Å². The topological polar surface area (TPSA) is 29.5 Å². The van der Waals surface area contributed by atoms with Crippen LogP contribution in [-0.2, 0) is 4.74 Å². The minimum Gasteiger partial charge on any atom is -0.444 e. The van der Waals surface area contributed by atoms with Gasteiger partial charge in [0.1, 0.15) is 6.10 Å². The summed E-state index contributed by atoms with van der Waals surface area (Å²) in [5.41, 5.74) is 1.42. The van der Waals surface area contributed by atoms with Crippen LogP contribution in [0.2, 0.25) is 0 Å². The van der Waals surface area contributed by atoms with Crippen molar-refractivity contribution < 1.29 is 9.53 Å². The molecule has 96 valence electrons. The molecule has 0 N–H and O–H groups in total. The molecule has 0 saturated carbocycles. The maximum absolute atomic E-state index is 11.7. The van der Waals surface area contributed by atoms with Crippen molar-refractivity contribution in [1.82, 2.24) is 4.90 Å². The Kier molecular flexibility index (Phi) is 3.19. The Balaban J connectivity index is 2.05. The van der Waals surface area contributed by atoms with E-state index in [1.807, 2.05) is 4.90 Å². The third kappa shape index (κ3) is 2.64. The van der Waals surface area contributed by atoms with Gasteiger partial charge >= 0.3 is 6.09 Å². The first-order chi connectivity index (χ1) is 7.89. The van der Waals surface area contributed by atoms with Gasteiger partial charge < -0.3 is 9.64 Å². The lowest BCUT2D eigenvalue weighted by Gasteiger charge is -2.26. The maximum Gasteiger partial charge on any atom is 0.410 e. The van der Waals surface area contributed by atoms with Gasteiger partial charge in [-0.1, -0.05) is 25.5 Å². The lowest BCUT2D eigenvalue weighted by Crippen LogP contribution is -2.32. The molecule has 2 rings (SSSR count).